The number of unbranched alkanes of at least 4 members (excludes halogenated alkanes) is 14. The van der Waals surface area contributed by atoms with E-state index in [4.69, 9.17) is 20.8 Å². The number of carboxylic acid groups (broad SMARTS) is 1. The summed E-state index contributed by atoms with van der Waals surface area (Å²) in [5, 5.41) is 8.52. The molecule has 0 aliphatic carbocycles. The van der Waals surface area contributed by atoms with E-state index in [1.165, 1.54) is 83.5 Å². The quantitative estimate of drug-likeness (QED) is 0.262. The summed E-state index contributed by atoms with van der Waals surface area (Å²) in [7, 11) is 0. The second-order valence-corrected chi connectivity index (χ2v) is 7.73. The monoisotopic (exact) mass is 444 g/mol. The molecular weight excluding hydrogens is 406 g/mol. The van der Waals surface area contributed by atoms with Gasteiger partial charge >= 0.3 is 86.0 Å². The van der Waals surface area contributed by atoms with Gasteiger partial charge in [0.15, 0.2) is 0 Å². The molecule has 0 heterocycles. The molecule has 26 heavy (non-hydrogen) atoms. The molecule has 0 amide bonds. The van der Waals surface area contributed by atoms with E-state index >= 15 is 0 Å². The van der Waals surface area contributed by atoms with Gasteiger partial charge in [-0.25, -0.2) is 0 Å². The Hall–Kier alpha value is 0.986. The maximum atomic E-state index is 10.3. The first-order valence-electron chi connectivity index (χ1n) is 9.62. The summed E-state index contributed by atoms with van der Waals surface area (Å²) < 4.78 is 33.1. The molecule has 8 heteroatoms. The fraction of sp³-hybridized carbons (Fsp3) is 0.944. The van der Waals surface area contributed by atoms with E-state index < -0.39 is 18.9 Å². The van der Waals surface area contributed by atoms with Crippen molar-refractivity contribution in [3.8, 4) is 0 Å². The van der Waals surface area contributed by atoms with Crippen molar-refractivity contribution in [2.45, 2.75) is 110 Å². The van der Waals surface area contributed by atoms with E-state index in [2.05, 4.69) is 6.92 Å². The van der Waals surface area contributed by atoms with Gasteiger partial charge in [0.05, 0.1) is 0 Å². The Labute approximate surface area is 203 Å². The molecule has 0 radical (unpaired) electrons. The molecule has 154 valence electrons. The average Bonchev–Trinajstić information content (AvgIpc) is 2.49. The number of carbonyl (C=O) groups is 1. The molecule has 0 spiro atoms. The maximum absolute atomic E-state index is 10.3. The third kappa shape index (κ3) is 44.4. The predicted octanol–water partition coefficient (Wildman–Crippen LogP) is 4.77. The average molecular weight is 445 g/mol. The van der Waals surface area contributed by atoms with E-state index in [9.17, 15) is 4.79 Å². The molecule has 0 atom stereocenters. The Bertz CT molecular complexity index is 431. The third-order valence-corrected chi connectivity index (χ3v) is 3.99. The van der Waals surface area contributed by atoms with E-state index in [1.54, 1.807) is 0 Å². The van der Waals surface area contributed by atoms with Crippen LogP contribution in [0.15, 0.2) is 0 Å². The molecule has 6 nitrogen and oxygen atoms in total. The molecule has 0 saturated carbocycles. The van der Waals surface area contributed by atoms with Crippen molar-refractivity contribution in [2.75, 3.05) is 0 Å². The van der Waals surface area contributed by atoms with Crippen LogP contribution in [0.3, 0.4) is 0 Å². The van der Waals surface area contributed by atoms with Crippen molar-refractivity contribution < 1.29 is 38.6 Å². The zero-order chi connectivity index (χ0) is 19.4. The number of aliphatic carboxylic acids is 1. The van der Waals surface area contributed by atoms with E-state index in [-0.39, 0.29) is 51.4 Å². The van der Waals surface area contributed by atoms with Gasteiger partial charge in [0.2, 0.25) is 0 Å². The Morgan fingerprint density at radius 2 is 0.885 bits per heavy atom. The Balaban J connectivity index is -0.000000772. The van der Waals surface area contributed by atoms with E-state index in [1.807, 2.05) is 0 Å². The number of hydrogen-bond acceptors (Lipinski definition) is 4. The molecule has 0 aromatic rings. The first kappa shape index (κ1) is 31.7. The van der Waals surface area contributed by atoms with Gasteiger partial charge in [-0.3, -0.25) is 4.79 Å². The second kappa shape index (κ2) is 24.0. The van der Waals surface area contributed by atoms with Gasteiger partial charge in [-0.15, -0.1) is 0 Å². The van der Waals surface area contributed by atoms with Crippen LogP contribution in [0.5, 0.6) is 0 Å². The summed E-state index contributed by atoms with van der Waals surface area (Å²) in [5.41, 5.74) is 0. The van der Waals surface area contributed by atoms with Gasteiger partial charge in [-0.1, -0.05) is 96.8 Å². The summed E-state index contributed by atoms with van der Waals surface area (Å²) in [5.74, 6) is -0.653. The van der Waals surface area contributed by atoms with E-state index in [0.29, 0.717) is 6.42 Å². The minimum absolute atomic E-state index is 0. The summed E-state index contributed by atoms with van der Waals surface area (Å²) in [6, 6.07) is 0. The SMILES string of the molecule is CCCCCCCCCCCCCCCCCC(=O)O.[KH].[O]=[Mn](=[O])(=[O])[OH]. The van der Waals surface area contributed by atoms with Crippen LogP contribution in [0, 0.1) is 0 Å². The number of rotatable bonds is 16. The molecule has 0 saturated heterocycles. The fourth-order valence-corrected chi connectivity index (χ4v) is 2.65. The predicted molar refractivity (Wildman–Crippen MR) is 98.6 cm³/mol. The summed E-state index contributed by atoms with van der Waals surface area (Å²) in [6.07, 6.45) is 20.2. The van der Waals surface area contributed by atoms with Crippen LogP contribution in [0.1, 0.15) is 110 Å². The standard InChI is InChI=1S/C18H36O2.K.Mn.H2O.3O.H/c1-2-3-4-5-6-7-8-9-10-11-12-13-14-15-16-17-18(19)20;;;;;;;/h2-17H2,1H3,(H,19,20);;;1H2;;;;/q;;+1;;;;;/p-1. The summed E-state index contributed by atoms with van der Waals surface area (Å²) >= 11 is -5.38. The molecule has 0 aliphatic rings. The molecule has 0 rings (SSSR count). The molecule has 0 aromatic carbocycles. The van der Waals surface area contributed by atoms with Crippen molar-refractivity contribution in [3.63, 3.8) is 0 Å². The van der Waals surface area contributed by atoms with Gasteiger partial charge in [-0.05, 0) is 6.42 Å². The Morgan fingerprint density at radius 3 is 1.12 bits per heavy atom. The summed E-state index contributed by atoms with van der Waals surface area (Å²) in [6.45, 7) is 2.27. The van der Waals surface area contributed by atoms with E-state index in [0.717, 1.165) is 12.8 Å². The number of hydrogen-bond donors (Lipinski definition) is 2. The van der Waals surface area contributed by atoms with Crippen LogP contribution in [-0.4, -0.2) is 66.6 Å². The molecule has 2 N–H and O–H groups in total. The first-order chi connectivity index (χ1) is 11.8. The molecule has 0 aliphatic heterocycles. The minimum atomic E-state index is -5.38. The van der Waals surface area contributed by atoms with Crippen molar-refractivity contribution in [1.82, 2.24) is 0 Å². The molecule has 0 aromatic heterocycles. The zero-order valence-electron chi connectivity index (χ0n) is 15.7. The normalized spacial score (nSPS) is 10.5. The van der Waals surface area contributed by atoms with Crippen molar-refractivity contribution >= 4 is 57.4 Å². The summed E-state index contributed by atoms with van der Waals surface area (Å²) in [4.78, 5) is 10.3. The van der Waals surface area contributed by atoms with Gasteiger partial charge in [0.25, 0.3) is 0 Å². The van der Waals surface area contributed by atoms with Gasteiger partial charge < -0.3 is 5.11 Å². The van der Waals surface area contributed by atoms with Crippen molar-refractivity contribution in [1.29, 1.82) is 0 Å². The topological polar surface area (TPSA) is 109 Å². The second-order valence-electron chi connectivity index (χ2n) is 6.49. The molecular formula is C18H38KMnO6. The van der Waals surface area contributed by atoms with Crippen LogP contribution in [0.25, 0.3) is 0 Å². The zero-order valence-corrected chi connectivity index (χ0v) is 16.9. The van der Waals surface area contributed by atoms with Gasteiger partial charge in [0, 0.05) is 6.42 Å². The first-order valence-corrected chi connectivity index (χ1v) is 11.6. The molecule has 0 bridgehead atoms. The molecule has 0 unspecified atom stereocenters. The van der Waals surface area contributed by atoms with Crippen LogP contribution in [0.4, 0.5) is 0 Å². The van der Waals surface area contributed by atoms with Crippen LogP contribution < -0.4 is 0 Å². The van der Waals surface area contributed by atoms with Crippen LogP contribution in [0.2, 0.25) is 0 Å². The fourth-order valence-electron chi connectivity index (χ4n) is 2.65. The Kier molecular flexibility index (Phi) is 29.3. The van der Waals surface area contributed by atoms with Crippen LogP contribution in [-0.2, 0) is 29.3 Å². The van der Waals surface area contributed by atoms with Gasteiger partial charge in [0.1, 0.15) is 0 Å². The van der Waals surface area contributed by atoms with Crippen molar-refractivity contribution in [3.05, 3.63) is 0 Å². The van der Waals surface area contributed by atoms with Crippen LogP contribution >= 0.6 is 0 Å². The number of carboxylic acids is 1. The Morgan fingerprint density at radius 1 is 0.654 bits per heavy atom. The van der Waals surface area contributed by atoms with Gasteiger partial charge in [-0.2, -0.15) is 0 Å². The molecule has 0 fully saturated rings. The van der Waals surface area contributed by atoms with Crippen molar-refractivity contribution in [2.24, 2.45) is 0 Å². The third-order valence-electron chi connectivity index (χ3n) is 3.99.